The Balaban J connectivity index is 2.25. The van der Waals surface area contributed by atoms with Gasteiger partial charge < -0.3 is 10.2 Å². The van der Waals surface area contributed by atoms with E-state index in [2.05, 4.69) is 51.3 Å². The number of benzene rings is 1. The van der Waals surface area contributed by atoms with E-state index in [1.807, 2.05) is 7.05 Å². The Kier molecular flexibility index (Phi) is 3.87. The summed E-state index contributed by atoms with van der Waals surface area (Å²) in [6.07, 6.45) is 1.31. The number of anilines is 1. The van der Waals surface area contributed by atoms with Gasteiger partial charge in [-0.2, -0.15) is 0 Å². The van der Waals surface area contributed by atoms with Crippen LogP contribution in [0.2, 0.25) is 0 Å². The van der Waals surface area contributed by atoms with E-state index in [4.69, 9.17) is 0 Å². The normalized spacial score (nSPS) is 20.4. The molecular weight excluding hydrogens is 264 g/mol. The van der Waals surface area contributed by atoms with Crippen molar-refractivity contribution in [2.24, 2.45) is 5.92 Å². The van der Waals surface area contributed by atoms with E-state index < -0.39 is 0 Å². The van der Waals surface area contributed by atoms with E-state index in [1.165, 1.54) is 30.8 Å². The van der Waals surface area contributed by atoms with Crippen molar-refractivity contribution in [1.29, 1.82) is 0 Å². The van der Waals surface area contributed by atoms with E-state index in [-0.39, 0.29) is 0 Å². The van der Waals surface area contributed by atoms with Gasteiger partial charge >= 0.3 is 0 Å². The van der Waals surface area contributed by atoms with Crippen molar-refractivity contribution in [3.8, 4) is 0 Å². The van der Waals surface area contributed by atoms with Crippen LogP contribution in [0, 0.1) is 5.92 Å². The lowest BCUT2D eigenvalue weighted by molar-refractivity contribution is 0.659. The van der Waals surface area contributed by atoms with Crippen LogP contribution < -0.4 is 10.2 Å². The summed E-state index contributed by atoms with van der Waals surface area (Å²) in [4.78, 5) is 2.50. The molecule has 2 nitrogen and oxygen atoms in total. The van der Waals surface area contributed by atoms with Crippen LogP contribution in [0.4, 0.5) is 5.69 Å². The maximum Gasteiger partial charge on any atom is 0.0412 e. The molecule has 0 bridgehead atoms. The zero-order valence-corrected chi connectivity index (χ0v) is 11.5. The van der Waals surface area contributed by atoms with E-state index in [9.17, 15) is 0 Å². The van der Waals surface area contributed by atoms with Crippen molar-refractivity contribution in [3.05, 3.63) is 28.2 Å². The summed E-state index contributed by atoms with van der Waals surface area (Å²) in [7, 11) is 2.00. The Bertz CT molecular complexity index is 365. The van der Waals surface area contributed by atoms with E-state index in [0.29, 0.717) is 0 Å². The molecule has 0 aliphatic carbocycles. The van der Waals surface area contributed by atoms with Gasteiger partial charge in [0.15, 0.2) is 0 Å². The summed E-state index contributed by atoms with van der Waals surface area (Å²) in [5.74, 6) is 0.825. The highest BCUT2D eigenvalue weighted by atomic mass is 79.9. The van der Waals surface area contributed by atoms with Crippen LogP contribution in [-0.2, 0) is 6.54 Å². The van der Waals surface area contributed by atoms with Gasteiger partial charge in [0.05, 0.1) is 0 Å². The Labute approximate surface area is 106 Å². The molecule has 0 radical (unpaired) electrons. The fraction of sp³-hybridized carbons (Fsp3) is 0.538. The molecule has 0 aromatic heterocycles. The Morgan fingerprint density at radius 3 is 2.94 bits per heavy atom. The zero-order valence-electron chi connectivity index (χ0n) is 9.96. The number of nitrogens with one attached hydrogen (secondary N) is 1. The number of hydrogen-bond donors (Lipinski definition) is 1. The van der Waals surface area contributed by atoms with Gasteiger partial charge in [-0.15, -0.1) is 0 Å². The average Bonchev–Trinajstić information content (AvgIpc) is 2.65. The van der Waals surface area contributed by atoms with Crippen LogP contribution in [0.25, 0.3) is 0 Å². The summed E-state index contributed by atoms with van der Waals surface area (Å²) in [6.45, 7) is 5.65. The highest BCUT2D eigenvalue weighted by molar-refractivity contribution is 9.10. The van der Waals surface area contributed by atoms with Crippen molar-refractivity contribution in [3.63, 3.8) is 0 Å². The van der Waals surface area contributed by atoms with Crippen LogP contribution in [-0.4, -0.2) is 20.1 Å². The Morgan fingerprint density at radius 1 is 1.50 bits per heavy atom. The molecule has 0 spiro atoms. The second-order valence-electron chi connectivity index (χ2n) is 4.64. The molecule has 1 aromatic carbocycles. The van der Waals surface area contributed by atoms with Crippen molar-refractivity contribution in [2.75, 3.05) is 25.0 Å². The van der Waals surface area contributed by atoms with Gasteiger partial charge in [-0.3, -0.25) is 0 Å². The lowest BCUT2D eigenvalue weighted by Gasteiger charge is -2.22. The summed E-state index contributed by atoms with van der Waals surface area (Å²) < 4.78 is 1.16. The number of halogens is 1. The van der Waals surface area contributed by atoms with Crippen molar-refractivity contribution in [2.45, 2.75) is 19.9 Å². The maximum absolute atomic E-state index is 3.54. The largest absolute Gasteiger partial charge is 0.371 e. The summed E-state index contributed by atoms with van der Waals surface area (Å²) in [6, 6.07) is 6.58. The molecule has 88 valence electrons. The molecule has 1 saturated heterocycles. The van der Waals surface area contributed by atoms with Crippen molar-refractivity contribution in [1.82, 2.24) is 5.32 Å². The third kappa shape index (κ3) is 2.58. The molecule has 2 rings (SSSR count). The topological polar surface area (TPSA) is 15.3 Å². The minimum Gasteiger partial charge on any atom is -0.371 e. The van der Waals surface area contributed by atoms with E-state index in [1.54, 1.807) is 0 Å². The second-order valence-corrected chi connectivity index (χ2v) is 5.56. The van der Waals surface area contributed by atoms with Gasteiger partial charge in [-0.05, 0) is 43.1 Å². The molecular formula is C13H19BrN2. The smallest absolute Gasteiger partial charge is 0.0412 e. The molecule has 1 aliphatic rings. The van der Waals surface area contributed by atoms with Gasteiger partial charge in [0.1, 0.15) is 0 Å². The van der Waals surface area contributed by atoms with Gasteiger partial charge in [-0.1, -0.05) is 22.9 Å². The fourth-order valence-corrected chi connectivity index (χ4v) is 2.76. The first-order chi connectivity index (χ1) is 7.70. The molecule has 1 unspecified atom stereocenters. The van der Waals surface area contributed by atoms with Crippen molar-refractivity contribution < 1.29 is 0 Å². The first-order valence-electron chi connectivity index (χ1n) is 5.88. The second kappa shape index (κ2) is 5.19. The predicted molar refractivity (Wildman–Crippen MR) is 72.9 cm³/mol. The van der Waals surface area contributed by atoms with E-state index >= 15 is 0 Å². The summed E-state index contributed by atoms with van der Waals surface area (Å²) in [5, 5.41) is 3.24. The zero-order chi connectivity index (χ0) is 11.5. The third-order valence-electron chi connectivity index (χ3n) is 3.17. The van der Waals surface area contributed by atoms with Crippen molar-refractivity contribution >= 4 is 21.6 Å². The molecule has 16 heavy (non-hydrogen) atoms. The molecule has 0 amide bonds. The SMILES string of the molecule is CNCc1cc(Br)ccc1N1CCC(C)C1. The maximum atomic E-state index is 3.54. The lowest BCUT2D eigenvalue weighted by Crippen LogP contribution is -2.21. The molecule has 1 atom stereocenters. The monoisotopic (exact) mass is 282 g/mol. The van der Waals surface area contributed by atoms with Crippen LogP contribution in [0.5, 0.6) is 0 Å². The van der Waals surface area contributed by atoms with E-state index in [0.717, 1.165) is 16.9 Å². The lowest BCUT2D eigenvalue weighted by atomic mass is 10.1. The molecule has 0 saturated carbocycles. The third-order valence-corrected chi connectivity index (χ3v) is 3.67. The molecule has 1 N–H and O–H groups in total. The van der Waals surface area contributed by atoms with Gasteiger partial charge in [0, 0.05) is 29.8 Å². The van der Waals surface area contributed by atoms with Crippen LogP contribution in [0.1, 0.15) is 18.9 Å². The van der Waals surface area contributed by atoms with Crippen LogP contribution in [0.3, 0.4) is 0 Å². The number of nitrogens with zero attached hydrogens (tertiary/aromatic N) is 1. The Morgan fingerprint density at radius 2 is 2.31 bits per heavy atom. The minimum atomic E-state index is 0.825. The molecule has 1 aliphatic heterocycles. The minimum absolute atomic E-state index is 0.825. The first kappa shape index (κ1) is 11.9. The highest BCUT2D eigenvalue weighted by Crippen LogP contribution is 2.29. The van der Waals surface area contributed by atoms with Gasteiger partial charge in [0.25, 0.3) is 0 Å². The molecule has 1 heterocycles. The standard InChI is InChI=1S/C13H19BrN2/c1-10-5-6-16(9-10)13-4-3-12(14)7-11(13)8-15-2/h3-4,7,10,15H,5-6,8-9H2,1-2H3. The molecule has 1 fully saturated rings. The fourth-order valence-electron chi connectivity index (χ4n) is 2.35. The van der Waals surface area contributed by atoms with Gasteiger partial charge in [-0.25, -0.2) is 0 Å². The average molecular weight is 283 g/mol. The van der Waals surface area contributed by atoms with Crippen LogP contribution in [0.15, 0.2) is 22.7 Å². The first-order valence-corrected chi connectivity index (χ1v) is 6.68. The molecule has 1 aromatic rings. The number of rotatable bonds is 3. The molecule has 3 heteroatoms. The summed E-state index contributed by atoms with van der Waals surface area (Å²) in [5.41, 5.74) is 2.77. The van der Waals surface area contributed by atoms with Crippen LogP contribution >= 0.6 is 15.9 Å². The highest BCUT2D eigenvalue weighted by Gasteiger charge is 2.20. The quantitative estimate of drug-likeness (QED) is 0.917. The number of hydrogen-bond acceptors (Lipinski definition) is 2. The van der Waals surface area contributed by atoms with Gasteiger partial charge in [0.2, 0.25) is 0 Å². The predicted octanol–water partition coefficient (Wildman–Crippen LogP) is 3.01. The summed E-state index contributed by atoms with van der Waals surface area (Å²) >= 11 is 3.54. The Hall–Kier alpha value is -0.540.